The maximum absolute atomic E-state index is 11.5. The van der Waals surface area contributed by atoms with Crippen molar-refractivity contribution < 1.29 is 23.7 Å². The van der Waals surface area contributed by atoms with Crippen LogP contribution in [0.1, 0.15) is 17.5 Å². The normalized spacial score (nSPS) is 10.8. The van der Waals surface area contributed by atoms with Gasteiger partial charge in [0.05, 0.1) is 13.2 Å². The predicted octanol–water partition coefficient (Wildman–Crippen LogP) is 3.08. The monoisotopic (exact) mass is 334 g/mol. The smallest absolute Gasteiger partial charge is 0.306 e. The van der Waals surface area contributed by atoms with Crippen LogP contribution in [0, 0.1) is 0 Å². The summed E-state index contributed by atoms with van der Waals surface area (Å²) in [5, 5.41) is 0. The third kappa shape index (κ3) is 7.94. The van der Waals surface area contributed by atoms with E-state index in [1.807, 2.05) is 30.4 Å². The van der Waals surface area contributed by atoms with Gasteiger partial charge in [0.1, 0.15) is 19.0 Å². The molecule has 0 aromatic heterocycles. The molecule has 0 aliphatic heterocycles. The van der Waals surface area contributed by atoms with E-state index in [1.165, 1.54) is 0 Å². The molecule has 0 bridgehead atoms. The summed E-state index contributed by atoms with van der Waals surface area (Å²) in [7, 11) is 3.29. The van der Waals surface area contributed by atoms with Crippen molar-refractivity contribution in [3.05, 3.63) is 54.1 Å². The highest BCUT2D eigenvalue weighted by atomic mass is 16.5. The Morgan fingerprint density at radius 3 is 2.62 bits per heavy atom. The molecule has 1 rings (SSSR count). The van der Waals surface area contributed by atoms with Crippen LogP contribution in [0.3, 0.4) is 0 Å². The van der Waals surface area contributed by atoms with Gasteiger partial charge in [0, 0.05) is 26.2 Å². The van der Waals surface area contributed by atoms with Crippen molar-refractivity contribution in [1.29, 1.82) is 0 Å². The van der Waals surface area contributed by atoms with Crippen LogP contribution in [-0.2, 0) is 32.0 Å². The van der Waals surface area contributed by atoms with E-state index in [9.17, 15) is 4.79 Å². The van der Waals surface area contributed by atoms with Crippen molar-refractivity contribution in [1.82, 2.24) is 0 Å². The molecular weight excluding hydrogens is 308 g/mol. The molecule has 132 valence electrons. The average Bonchev–Trinajstić information content (AvgIpc) is 2.59. The molecule has 1 aromatic carbocycles. The number of hydrogen-bond donors (Lipinski definition) is 0. The van der Waals surface area contributed by atoms with E-state index in [0.29, 0.717) is 32.7 Å². The molecule has 0 N–H and O–H groups in total. The van der Waals surface area contributed by atoms with E-state index < -0.39 is 0 Å². The largest absolute Gasteiger partial charge is 0.489 e. The summed E-state index contributed by atoms with van der Waals surface area (Å²) < 4.78 is 20.9. The predicted molar refractivity (Wildman–Crippen MR) is 93.1 cm³/mol. The molecule has 0 amide bonds. The standard InChI is InChI=1S/C19H26O5/c1-4-11-24-19(20)10-8-16-7-9-18(17(14-16)15-22-3)23-13-6-5-12-21-2/h4-7,9,14H,1,8,10-13,15H2,2-3H3. The Bertz CT molecular complexity index is 537. The van der Waals surface area contributed by atoms with E-state index in [2.05, 4.69) is 6.58 Å². The third-order valence-electron chi connectivity index (χ3n) is 3.17. The first-order valence-electron chi connectivity index (χ1n) is 7.85. The number of aryl methyl sites for hydroxylation is 1. The molecule has 0 saturated heterocycles. The number of benzene rings is 1. The lowest BCUT2D eigenvalue weighted by Crippen LogP contribution is -2.06. The molecule has 24 heavy (non-hydrogen) atoms. The van der Waals surface area contributed by atoms with Gasteiger partial charge in [-0.2, -0.15) is 0 Å². The van der Waals surface area contributed by atoms with Crippen LogP contribution in [-0.4, -0.2) is 40.0 Å². The molecule has 0 aliphatic carbocycles. The van der Waals surface area contributed by atoms with Crippen LogP contribution in [0.15, 0.2) is 43.0 Å². The van der Waals surface area contributed by atoms with Crippen molar-refractivity contribution in [2.75, 3.05) is 34.0 Å². The third-order valence-corrected chi connectivity index (χ3v) is 3.17. The first-order chi connectivity index (χ1) is 11.7. The SMILES string of the molecule is C=CCOC(=O)CCc1ccc(OCC=CCOC)c(COC)c1. The first kappa shape index (κ1) is 19.9. The van der Waals surface area contributed by atoms with E-state index >= 15 is 0 Å². The molecule has 0 aliphatic rings. The first-order valence-corrected chi connectivity index (χ1v) is 7.85. The Balaban J connectivity index is 2.61. The second-order valence-electron chi connectivity index (χ2n) is 5.08. The summed E-state index contributed by atoms with van der Waals surface area (Å²) in [6.45, 7) is 5.24. The van der Waals surface area contributed by atoms with Gasteiger partial charge in [-0.3, -0.25) is 4.79 Å². The summed E-state index contributed by atoms with van der Waals surface area (Å²) in [6.07, 6.45) is 6.31. The molecule has 0 radical (unpaired) electrons. The Hall–Kier alpha value is -2.11. The van der Waals surface area contributed by atoms with Gasteiger partial charge in [-0.05, 0) is 30.2 Å². The minimum absolute atomic E-state index is 0.230. The number of rotatable bonds is 12. The number of hydrogen-bond acceptors (Lipinski definition) is 5. The molecule has 0 saturated carbocycles. The van der Waals surface area contributed by atoms with E-state index in [0.717, 1.165) is 16.9 Å². The van der Waals surface area contributed by atoms with E-state index in [-0.39, 0.29) is 12.6 Å². The van der Waals surface area contributed by atoms with Crippen LogP contribution < -0.4 is 4.74 Å². The molecule has 0 heterocycles. The van der Waals surface area contributed by atoms with Crippen molar-refractivity contribution in [2.24, 2.45) is 0 Å². The number of esters is 1. The molecule has 0 unspecified atom stereocenters. The molecule has 1 aromatic rings. The van der Waals surface area contributed by atoms with Crippen LogP contribution in [0.5, 0.6) is 5.75 Å². The second-order valence-corrected chi connectivity index (χ2v) is 5.08. The van der Waals surface area contributed by atoms with Gasteiger partial charge < -0.3 is 18.9 Å². The van der Waals surface area contributed by atoms with Crippen molar-refractivity contribution >= 4 is 5.97 Å². The summed E-state index contributed by atoms with van der Waals surface area (Å²) in [6, 6.07) is 5.86. The topological polar surface area (TPSA) is 54.0 Å². The number of carbonyl (C=O) groups excluding carboxylic acids is 1. The summed E-state index contributed by atoms with van der Waals surface area (Å²) in [5.41, 5.74) is 1.99. The zero-order valence-corrected chi connectivity index (χ0v) is 14.5. The zero-order chi connectivity index (χ0) is 17.6. The fourth-order valence-corrected chi connectivity index (χ4v) is 2.04. The summed E-state index contributed by atoms with van der Waals surface area (Å²) in [5.74, 6) is 0.545. The molecule has 0 spiro atoms. The number of methoxy groups -OCH3 is 2. The molecule has 5 heteroatoms. The van der Waals surface area contributed by atoms with Gasteiger partial charge in [0.2, 0.25) is 0 Å². The second kappa shape index (κ2) is 12.3. The van der Waals surface area contributed by atoms with Crippen LogP contribution in [0.4, 0.5) is 0 Å². The maximum Gasteiger partial charge on any atom is 0.306 e. The average molecular weight is 334 g/mol. The van der Waals surface area contributed by atoms with Crippen molar-refractivity contribution in [3.8, 4) is 5.75 Å². The highest BCUT2D eigenvalue weighted by Crippen LogP contribution is 2.22. The van der Waals surface area contributed by atoms with E-state index in [1.54, 1.807) is 20.3 Å². The zero-order valence-electron chi connectivity index (χ0n) is 14.5. The van der Waals surface area contributed by atoms with Gasteiger partial charge in [-0.25, -0.2) is 0 Å². The minimum atomic E-state index is -0.230. The van der Waals surface area contributed by atoms with Gasteiger partial charge in [0.25, 0.3) is 0 Å². The summed E-state index contributed by atoms with van der Waals surface area (Å²) in [4.78, 5) is 11.5. The van der Waals surface area contributed by atoms with Gasteiger partial charge >= 0.3 is 5.97 Å². The van der Waals surface area contributed by atoms with Crippen LogP contribution in [0.25, 0.3) is 0 Å². The quantitative estimate of drug-likeness (QED) is 0.434. The van der Waals surface area contributed by atoms with Gasteiger partial charge in [-0.1, -0.05) is 24.8 Å². The van der Waals surface area contributed by atoms with Gasteiger partial charge in [0.15, 0.2) is 0 Å². The Labute approximate surface area is 143 Å². The molecule has 0 atom stereocenters. The van der Waals surface area contributed by atoms with Crippen LogP contribution >= 0.6 is 0 Å². The lowest BCUT2D eigenvalue weighted by Gasteiger charge is -2.12. The Morgan fingerprint density at radius 2 is 1.92 bits per heavy atom. The molecular formula is C19H26O5. The van der Waals surface area contributed by atoms with E-state index in [4.69, 9.17) is 18.9 Å². The van der Waals surface area contributed by atoms with Gasteiger partial charge in [-0.15, -0.1) is 0 Å². The van der Waals surface area contributed by atoms with Crippen molar-refractivity contribution in [2.45, 2.75) is 19.4 Å². The summed E-state index contributed by atoms with van der Waals surface area (Å²) >= 11 is 0. The maximum atomic E-state index is 11.5. The van der Waals surface area contributed by atoms with Crippen molar-refractivity contribution in [3.63, 3.8) is 0 Å². The Morgan fingerprint density at radius 1 is 1.12 bits per heavy atom. The fraction of sp³-hybridized carbons (Fsp3) is 0.421. The fourth-order valence-electron chi connectivity index (χ4n) is 2.04. The highest BCUT2D eigenvalue weighted by Gasteiger charge is 2.08. The number of carbonyl (C=O) groups is 1. The molecule has 0 fully saturated rings. The Kier molecular flexibility index (Phi) is 10.2. The molecule has 5 nitrogen and oxygen atoms in total. The lowest BCUT2D eigenvalue weighted by molar-refractivity contribution is -0.142. The minimum Gasteiger partial charge on any atom is -0.489 e. The highest BCUT2D eigenvalue weighted by molar-refractivity contribution is 5.69. The number of ether oxygens (including phenoxy) is 4. The lowest BCUT2D eigenvalue weighted by atomic mass is 10.1. The van der Waals surface area contributed by atoms with Crippen LogP contribution in [0.2, 0.25) is 0 Å².